The normalized spacial score (nSPS) is 26.5. The van der Waals surface area contributed by atoms with Crippen LogP contribution < -0.4 is 0 Å². The first kappa shape index (κ1) is 11.8. The zero-order valence-corrected chi connectivity index (χ0v) is 8.85. The van der Waals surface area contributed by atoms with E-state index in [1.807, 2.05) is 7.05 Å². The molecule has 0 saturated carbocycles. The number of hydrogen-bond donors (Lipinski definition) is 0. The minimum atomic E-state index is 0.270. The van der Waals surface area contributed by atoms with Crippen molar-refractivity contribution in [3.63, 3.8) is 0 Å². The van der Waals surface area contributed by atoms with Gasteiger partial charge in [-0.2, -0.15) is 0 Å². The number of isocyanates is 2. The highest BCUT2D eigenvalue weighted by atomic mass is 16.1. The first-order chi connectivity index (χ1) is 7.29. The zero-order valence-electron chi connectivity index (χ0n) is 8.85. The van der Waals surface area contributed by atoms with E-state index in [1.165, 1.54) is 0 Å². The van der Waals surface area contributed by atoms with E-state index in [-0.39, 0.29) is 12.1 Å². The first-order valence-electron chi connectivity index (χ1n) is 5.08. The van der Waals surface area contributed by atoms with Crippen LogP contribution in [0, 0.1) is 0 Å². The lowest BCUT2D eigenvalue weighted by atomic mass is 9.96. The molecule has 5 nitrogen and oxygen atoms in total. The van der Waals surface area contributed by atoms with Crippen LogP contribution in [0.25, 0.3) is 0 Å². The van der Waals surface area contributed by atoms with Crippen molar-refractivity contribution in [1.82, 2.24) is 4.90 Å². The van der Waals surface area contributed by atoms with Crippen molar-refractivity contribution in [3.05, 3.63) is 0 Å². The molecule has 0 aromatic rings. The Labute approximate surface area is 88.9 Å². The number of carbonyl (C=O) groups excluding carboxylic acids is 2. The Morgan fingerprint density at radius 3 is 2.00 bits per heavy atom. The Morgan fingerprint density at radius 2 is 1.60 bits per heavy atom. The van der Waals surface area contributed by atoms with Crippen molar-refractivity contribution in [3.8, 4) is 0 Å². The van der Waals surface area contributed by atoms with Gasteiger partial charge in [-0.1, -0.05) is 6.42 Å². The molecule has 1 rings (SSSR count). The second kappa shape index (κ2) is 6.25. The summed E-state index contributed by atoms with van der Waals surface area (Å²) in [6.07, 6.45) is 6.26. The van der Waals surface area contributed by atoms with Gasteiger partial charge in [-0.25, -0.2) is 19.6 Å². The monoisotopic (exact) mass is 209 g/mol. The van der Waals surface area contributed by atoms with E-state index in [4.69, 9.17) is 0 Å². The van der Waals surface area contributed by atoms with Crippen LogP contribution in [-0.2, 0) is 9.59 Å². The molecule has 0 aromatic heterocycles. The molecular weight excluding hydrogens is 194 g/mol. The summed E-state index contributed by atoms with van der Waals surface area (Å²) in [5.41, 5.74) is 0. The van der Waals surface area contributed by atoms with Gasteiger partial charge in [-0.05, 0) is 19.9 Å². The molecule has 2 atom stereocenters. The molecule has 1 saturated heterocycles. The van der Waals surface area contributed by atoms with Gasteiger partial charge in [-0.3, -0.25) is 4.90 Å². The lowest BCUT2D eigenvalue weighted by Crippen LogP contribution is -2.46. The van der Waals surface area contributed by atoms with Crippen LogP contribution in [0.2, 0.25) is 0 Å². The lowest BCUT2D eigenvalue weighted by molar-refractivity contribution is 0.124. The van der Waals surface area contributed by atoms with E-state index < -0.39 is 0 Å². The van der Waals surface area contributed by atoms with Crippen LogP contribution >= 0.6 is 0 Å². The van der Waals surface area contributed by atoms with Crippen molar-refractivity contribution in [2.45, 2.75) is 31.3 Å². The molecule has 5 heteroatoms. The summed E-state index contributed by atoms with van der Waals surface area (Å²) in [4.78, 5) is 29.4. The van der Waals surface area contributed by atoms with E-state index >= 15 is 0 Å². The minimum Gasteiger partial charge on any atom is -0.297 e. The molecule has 15 heavy (non-hydrogen) atoms. The highest BCUT2D eigenvalue weighted by Crippen LogP contribution is 2.21. The summed E-state index contributed by atoms with van der Waals surface area (Å²) in [6, 6.07) is 0.541. The SMILES string of the molecule is CN1C(CN=C=O)CCCC1CN=C=O. The standard InChI is InChI=1S/C10H15N3O2/c1-13-9(5-11-7-14)3-2-4-10(13)6-12-8-15/h9-10H,2-6H2,1H3. The smallest absolute Gasteiger partial charge is 0.234 e. The number of nitrogens with zero attached hydrogens (tertiary/aromatic N) is 3. The van der Waals surface area contributed by atoms with Crippen LogP contribution in [0.3, 0.4) is 0 Å². The molecule has 0 radical (unpaired) electrons. The molecule has 82 valence electrons. The highest BCUT2D eigenvalue weighted by molar-refractivity contribution is 5.33. The van der Waals surface area contributed by atoms with E-state index in [0.717, 1.165) is 19.3 Å². The number of aliphatic imine (C=N–C) groups is 2. The van der Waals surface area contributed by atoms with Gasteiger partial charge < -0.3 is 0 Å². The number of piperidine rings is 1. The van der Waals surface area contributed by atoms with Gasteiger partial charge in [0.1, 0.15) is 0 Å². The Balaban J connectivity index is 2.53. The summed E-state index contributed by atoms with van der Waals surface area (Å²) in [7, 11) is 1.98. The molecule has 1 aliphatic heterocycles. The molecule has 1 fully saturated rings. The average Bonchev–Trinajstić information content (AvgIpc) is 2.26. The number of likely N-dealkylation sites (N-methyl/N-ethyl adjacent to an activating group) is 1. The summed E-state index contributed by atoms with van der Waals surface area (Å²) < 4.78 is 0. The number of hydrogen-bond acceptors (Lipinski definition) is 5. The largest absolute Gasteiger partial charge is 0.297 e. The summed E-state index contributed by atoms with van der Waals surface area (Å²) in [5, 5.41) is 0. The molecule has 0 N–H and O–H groups in total. The average molecular weight is 209 g/mol. The second-order valence-corrected chi connectivity index (χ2v) is 3.77. The van der Waals surface area contributed by atoms with Crippen molar-refractivity contribution >= 4 is 12.2 Å². The van der Waals surface area contributed by atoms with E-state index in [2.05, 4.69) is 14.9 Å². The minimum absolute atomic E-state index is 0.270. The first-order valence-corrected chi connectivity index (χ1v) is 5.08. The van der Waals surface area contributed by atoms with Crippen molar-refractivity contribution in [2.24, 2.45) is 9.98 Å². The third-order valence-corrected chi connectivity index (χ3v) is 2.96. The Hall–Kier alpha value is -1.28. The van der Waals surface area contributed by atoms with Gasteiger partial charge in [0.15, 0.2) is 0 Å². The van der Waals surface area contributed by atoms with Crippen molar-refractivity contribution < 1.29 is 9.59 Å². The molecule has 0 aromatic carbocycles. The van der Waals surface area contributed by atoms with E-state index in [9.17, 15) is 9.59 Å². The fourth-order valence-electron chi connectivity index (χ4n) is 2.02. The Morgan fingerprint density at radius 1 is 1.13 bits per heavy atom. The molecule has 1 aliphatic rings. The molecule has 0 aliphatic carbocycles. The van der Waals surface area contributed by atoms with Gasteiger partial charge >= 0.3 is 0 Å². The topological polar surface area (TPSA) is 62.1 Å². The summed E-state index contributed by atoms with van der Waals surface area (Å²) >= 11 is 0. The van der Waals surface area contributed by atoms with Crippen molar-refractivity contribution in [1.29, 1.82) is 0 Å². The zero-order chi connectivity index (χ0) is 11.1. The van der Waals surface area contributed by atoms with Gasteiger partial charge in [0.05, 0.1) is 13.1 Å². The quantitative estimate of drug-likeness (QED) is 0.500. The maximum Gasteiger partial charge on any atom is 0.234 e. The molecule has 0 amide bonds. The number of likely N-dealkylation sites (tertiary alicyclic amines) is 1. The summed E-state index contributed by atoms with van der Waals surface area (Å²) in [5.74, 6) is 0. The van der Waals surface area contributed by atoms with Crippen LogP contribution in [-0.4, -0.2) is 49.3 Å². The maximum atomic E-state index is 10.0. The van der Waals surface area contributed by atoms with Crippen LogP contribution in [0.1, 0.15) is 19.3 Å². The Bertz CT molecular complexity index is 265. The summed E-state index contributed by atoms with van der Waals surface area (Å²) in [6.45, 7) is 0.975. The van der Waals surface area contributed by atoms with Gasteiger partial charge in [0, 0.05) is 12.1 Å². The van der Waals surface area contributed by atoms with E-state index in [0.29, 0.717) is 13.1 Å². The lowest BCUT2D eigenvalue weighted by Gasteiger charge is -2.37. The third kappa shape index (κ3) is 3.40. The molecular formula is C10H15N3O2. The van der Waals surface area contributed by atoms with Crippen LogP contribution in [0.15, 0.2) is 9.98 Å². The van der Waals surface area contributed by atoms with Crippen molar-refractivity contribution in [2.75, 3.05) is 20.1 Å². The van der Waals surface area contributed by atoms with E-state index in [1.54, 1.807) is 12.2 Å². The molecule has 0 spiro atoms. The number of rotatable bonds is 4. The predicted octanol–water partition coefficient (Wildman–Crippen LogP) is 0.511. The molecule has 0 bridgehead atoms. The molecule has 1 heterocycles. The van der Waals surface area contributed by atoms with Gasteiger partial charge in [0.25, 0.3) is 0 Å². The Kier molecular flexibility index (Phi) is 4.91. The second-order valence-electron chi connectivity index (χ2n) is 3.77. The van der Waals surface area contributed by atoms with Gasteiger partial charge in [0.2, 0.25) is 12.2 Å². The maximum absolute atomic E-state index is 10.0. The fraction of sp³-hybridized carbons (Fsp3) is 0.800. The van der Waals surface area contributed by atoms with Gasteiger partial charge in [-0.15, -0.1) is 0 Å². The molecule has 2 unspecified atom stereocenters. The predicted molar refractivity (Wildman–Crippen MR) is 55.2 cm³/mol. The highest BCUT2D eigenvalue weighted by Gasteiger charge is 2.26. The van der Waals surface area contributed by atoms with Crippen LogP contribution in [0.5, 0.6) is 0 Å². The van der Waals surface area contributed by atoms with Crippen LogP contribution in [0.4, 0.5) is 0 Å². The fourth-order valence-corrected chi connectivity index (χ4v) is 2.02. The third-order valence-electron chi connectivity index (χ3n) is 2.96.